The molecule has 0 saturated carbocycles. The van der Waals surface area contributed by atoms with Crippen LogP contribution in [0.5, 0.6) is 0 Å². The van der Waals surface area contributed by atoms with Crippen molar-refractivity contribution in [1.29, 1.82) is 0 Å². The van der Waals surface area contributed by atoms with E-state index in [2.05, 4.69) is 10.6 Å². The summed E-state index contributed by atoms with van der Waals surface area (Å²) in [5.74, 6) is -5.94. The second-order valence-corrected chi connectivity index (χ2v) is 6.38. The zero-order chi connectivity index (χ0) is 23.3. The number of carbonyl (C=O) groups is 5. The molecule has 4 unspecified atom stereocenters. The van der Waals surface area contributed by atoms with E-state index in [1.165, 1.54) is 0 Å². The molecule has 14 heteroatoms. The van der Waals surface area contributed by atoms with Gasteiger partial charge >= 0.3 is 11.9 Å². The van der Waals surface area contributed by atoms with Crippen molar-refractivity contribution in [3.63, 3.8) is 0 Å². The van der Waals surface area contributed by atoms with Crippen molar-refractivity contribution in [2.75, 3.05) is 19.8 Å². The second kappa shape index (κ2) is 14.2. The Labute approximate surface area is 172 Å². The van der Waals surface area contributed by atoms with Crippen LogP contribution < -0.4 is 27.4 Å². The van der Waals surface area contributed by atoms with E-state index in [9.17, 15) is 34.2 Å². The Hall–Kier alpha value is -2.81. The highest BCUT2D eigenvalue weighted by molar-refractivity contribution is 5.95. The number of hydrogen-bond donors (Lipinski definition) is 9. The number of aliphatic hydroxyl groups excluding tert-OH is 2. The Bertz CT molecular complexity index is 616. The number of nitrogens with two attached hydrogens (primary N) is 2. The molecule has 0 aromatic rings. The van der Waals surface area contributed by atoms with Crippen molar-refractivity contribution in [1.82, 2.24) is 16.0 Å². The van der Waals surface area contributed by atoms with Crippen LogP contribution in [0.15, 0.2) is 0 Å². The van der Waals surface area contributed by atoms with Gasteiger partial charge in [-0.25, -0.2) is 4.79 Å². The minimum Gasteiger partial charge on any atom is -0.481 e. The highest BCUT2D eigenvalue weighted by atomic mass is 16.4. The molecule has 0 radical (unpaired) electrons. The highest BCUT2D eigenvalue weighted by Crippen LogP contribution is 2.03. The Morgan fingerprint density at radius 3 is 1.77 bits per heavy atom. The van der Waals surface area contributed by atoms with Gasteiger partial charge in [-0.05, 0) is 25.8 Å². The van der Waals surface area contributed by atoms with Gasteiger partial charge in [-0.3, -0.25) is 19.2 Å². The van der Waals surface area contributed by atoms with Crippen molar-refractivity contribution in [2.24, 2.45) is 11.5 Å². The van der Waals surface area contributed by atoms with Crippen LogP contribution in [0, 0.1) is 0 Å². The number of aliphatic hydroxyl groups is 2. The number of nitrogens with one attached hydrogen (secondary N) is 3. The molecule has 0 aliphatic rings. The second-order valence-electron chi connectivity index (χ2n) is 6.38. The minimum absolute atomic E-state index is 0.0420. The van der Waals surface area contributed by atoms with Crippen LogP contribution in [0.25, 0.3) is 0 Å². The first kappa shape index (κ1) is 27.2. The molecule has 172 valence electrons. The maximum Gasteiger partial charge on any atom is 0.326 e. The fourth-order valence-corrected chi connectivity index (χ4v) is 2.23. The summed E-state index contributed by atoms with van der Waals surface area (Å²) in [6.45, 7) is -1.31. The maximum atomic E-state index is 12.4. The van der Waals surface area contributed by atoms with E-state index in [-0.39, 0.29) is 6.42 Å². The molecule has 0 aromatic carbocycles. The number of aliphatic carboxylic acids is 2. The van der Waals surface area contributed by atoms with Gasteiger partial charge in [0, 0.05) is 0 Å². The van der Waals surface area contributed by atoms with Gasteiger partial charge in [0.1, 0.15) is 24.2 Å². The summed E-state index contributed by atoms with van der Waals surface area (Å²) in [5, 5.41) is 42.5. The Morgan fingerprint density at radius 1 is 0.767 bits per heavy atom. The van der Waals surface area contributed by atoms with Crippen LogP contribution in [0.2, 0.25) is 0 Å². The first-order chi connectivity index (χ1) is 14.1. The molecule has 0 aliphatic heterocycles. The van der Waals surface area contributed by atoms with E-state index < -0.39 is 73.5 Å². The number of carboxylic acids is 2. The van der Waals surface area contributed by atoms with Gasteiger partial charge in [0.05, 0.1) is 19.6 Å². The van der Waals surface area contributed by atoms with Crippen LogP contribution in [-0.4, -0.2) is 94.0 Å². The molecule has 0 fully saturated rings. The van der Waals surface area contributed by atoms with Gasteiger partial charge in [0.25, 0.3) is 0 Å². The number of hydrogen-bond acceptors (Lipinski definition) is 9. The number of rotatable bonds is 15. The van der Waals surface area contributed by atoms with Crippen LogP contribution in [0.3, 0.4) is 0 Å². The predicted molar refractivity (Wildman–Crippen MR) is 101 cm³/mol. The smallest absolute Gasteiger partial charge is 0.326 e. The molecule has 4 atom stereocenters. The molecule has 0 aromatic heterocycles. The summed E-state index contributed by atoms with van der Waals surface area (Å²) in [6.07, 6.45) is 0.0750. The summed E-state index contributed by atoms with van der Waals surface area (Å²) >= 11 is 0. The summed E-state index contributed by atoms with van der Waals surface area (Å²) < 4.78 is 0. The first-order valence-electron chi connectivity index (χ1n) is 9.10. The third-order valence-electron chi connectivity index (χ3n) is 3.92. The van der Waals surface area contributed by atoms with Gasteiger partial charge in [0.2, 0.25) is 17.7 Å². The Kier molecular flexibility index (Phi) is 12.9. The molecule has 14 nitrogen and oxygen atoms in total. The largest absolute Gasteiger partial charge is 0.481 e. The fourth-order valence-electron chi connectivity index (χ4n) is 2.23. The summed E-state index contributed by atoms with van der Waals surface area (Å²) in [7, 11) is 0. The van der Waals surface area contributed by atoms with Gasteiger partial charge in [-0.2, -0.15) is 0 Å². The quantitative estimate of drug-likeness (QED) is 0.111. The van der Waals surface area contributed by atoms with Gasteiger partial charge in [-0.15, -0.1) is 0 Å². The summed E-state index contributed by atoms with van der Waals surface area (Å²) in [5.41, 5.74) is 10.6. The molecular weight excluding hydrogens is 406 g/mol. The Balaban J connectivity index is 5.20. The van der Waals surface area contributed by atoms with Gasteiger partial charge < -0.3 is 47.8 Å². The average Bonchev–Trinajstić information content (AvgIpc) is 2.69. The molecule has 0 rings (SSSR count). The number of carbonyl (C=O) groups excluding carboxylic acids is 3. The van der Waals surface area contributed by atoms with Crippen molar-refractivity contribution < 1.29 is 44.4 Å². The van der Waals surface area contributed by atoms with E-state index in [1.807, 2.05) is 5.32 Å². The third-order valence-corrected chi connectivity index (χ3v) is 3.92. The van der Waals surface area contributed by atoms with Crippen molar-refractivity contribution in [3.8, 4) is 0 Å². The van der Waals surface area contributed by atoms with Crippen LogP contribution in [0.4, 0.5) is 0 Å². The van der Waals surface area contributed by atoms with Crippen molar-refractivity contribution in [3.05, 3.63) is 0 Å². The minimum atomic E-state index is -1.68. The monoisotopic (exact) mass is 435 g/mol. The summed E-state index contributed by atoms with van der Waals surface area (Å²) in [6, 6.07) is -5.95. The topological polar surface area (TPSA) is 254 Å². The third kappa shape index (κ3) is 10.1. The maximum absolute atomic E-state index is 12.4. The molecule has 3 amide bonds. The Morgan fingerprint density at radius 2 is 1.30 bits per heavy atom. The lowest BCUT2D eigenvalue weighted by molar-refractivity contribution is -0.144. The van der Waals surface area contributed by atoms with E-state index in [1.54, 1.807) is 0 Å². The van der Waals surface area contributed by atoms with E-state index in [0.717, 1.165) is 0 Å². The molecule has 11 N–H and O–H groups in total. The van der Waals surface area contributed by atoms with Gasteiger partial charge in [-0.1, -0.05) is 0 Å². The van der Waals surface area contributed by atoms with Crippen molar-refractivity contribution >= 4 is 29.7 Å². The lowest BCUT2D eigenvalue weighted by Gasteiger charge is -2.23. The summed E-state index contributed by atoms with van der Waals surface area (Å²) in [4.78, 5) is 58.6. The predicted octanol–water partition coefficient (Wildman–Crippen LogP) is -4.56. The van der Waals surface area contributed by atoms with Crippen LogP contribution in [0.1, 0.15) is 25.7 Å². The van der Waals surface area contributed by atoms with Crippen LogP contribution >= 0.6 is 0 Å². The van der Waals surface area contributed by atoms with Crippen LogP contribution in [-0.2, 0) is 24.0 Å². The molecular formula is C16H29N5O9. The first-order valence-corrected chi connectivity index (χ1v) is 9.10. The molecule has 0 aliphatic carbocycles. The fraction of sp³-hybridized carbons (Fsp3) is 0.688. The SMILES string of the molecule is NCCCCC(NC(=O)C(CC(=O)O)NC(=O)C(CO)NC(=O)C(N)CO)C(=O)O. The number of unbranched alkanes of at least 4 members (excludes halogenated alkanes) is 1. The number of carboxylic acid groups (broad SMARTS) is 2. The zero-order valence-corrected chi connectivity index (χ0v) is 16.2. The lowest BCUT2D eigenvalue weighted by atomic mass is 10.1. The molecule has 0 heterocycles. The molecule has 0 saturated heterocycles. The highest BCUT2D eigenvalue weighted by Gasteiger charge is 2.31. The van der Waals surface area contributed by atoms with Crippen molar-refractivity contribution in [2.45, 2.75) is 49.9 Å². The van der Waals surface area contributed by atoms with E-state index >= 15 is 0 Å². The zero-order valence-electron chi connectivity index (χ0n) is 16.2. The normalized spacial score (nSPS) is 14.7. The van der Waals surface area contributed by atoms with E-state index in [4.69, 9.17) is 21.7 Å². The lowest BCUT2D eigenvalue weighted by Crippen LogP contribution is -2.58. The van der Waals surface area contributed by atoms with Gasteiger partial charge in [0.15, 0.2) is 0 Å². The molecule has 0 spiro atoms. The average molecular weight is 435 g/mol. The molecule has 30 heavy (non-hydrogen) atoms. The van der Waals surface area contributed by atoms with E-state index in [0.29, 0.717) is 19.4 Å². The number of amides is 3. The standard InChI is InChI=1S/C16H29N5O9/c17-4-2-1-3-9(16(29)30)19-14(27)10(5-12(24)25)20-15(28)11(7-23)21-13(26)8(18)6-22/h8-11,22-23H,1-7,17-18H2,(H,19,27)(H,20,28)(H,21,26)(H,24,25)(H,29,30). The molecule has 0 bridgehead atoms.